The number of piperidine rings is 1. The fraction of sp³-hybridized carbons (Fsp3) is 0.321. The fourth-order valence-corrected chi connectivity index (χ4v) is 4.52. The topological polar surface area (TPSA) is 41.6 Å². The van der Waals surface area contributed by atoms with Crippen LogP contribution in [-0.2, 0) is 0 Å². The zero-order chi connectivity index (χ0) is 23.4. The minimum atomic E-state index is -0.265. The molecular weight excluding hydrogens is 415 g/mol. The van der Waals surface area contributed by atoms with Crippen molar-refractivity contribution in [2.75, 3.05) is 25.5 Å². The molecule has 1 aliphatic heterocycles. The van der Waals surface area contributed by atoms with Crippen LogP contribution >= 0.6 is 0 Å². The Bertz CT molecular complexity index is 1090. The summed E-state index contributed by atoms with van der Waals surface area (Å²) in [4.78, 5) is 15.4. The number of rotatable bonds is 6. The van der Waals surface area contributed by atoms with Crippen LogP contribution in [0.1, 0.15) is 48.5 Å². The molecule has 33 heavy (non-hydrogen) atoms. The lowest BCUT2D eigenvalue weighted by Gasteiger charge is -2.35. The summed E-state index contributed by atoms with van der Waals surface area (Å²) in [6.07, 6.45) is 2.16. The van der Waals surface area contributed by atoms with Gasteiger partial charge in [0.25, 0.3) is 5.91 Å². The van der Waals surface area contributed by atoms with Crippen molar-refractivity contribution < 1.29 is 13.9 Å². The van der Waals surface area contributed by atoms with E-state index in [0.29, 0.717) is 17.5 Å². The highest BCUT2D eigenvalue weighted by Crippen LogP contribution is 2.36. The summed E-state index contributed by atoms with van der Waals surface area (Å²) in [5, 5.41) is 3.03. The average Bonchev–Trinajstić information content (AvgIpc) is 2.84. The molecule has 0 spiro atoms. The number of hydrogen-bond donors (Lipinski definition) is 1. The van der Waals surface area contributed by atoms with Gasteiger partial charge in [0.15, 0.2) is 0 Å². The smallest absolute Gasteiger partial charge is 0.255 e. The minimum Gasteiger partial charge on any atom is -0.496 e. The molecule has 4 rings (SSSR count). The Balaban J connectivity index is 1.47. The van der Waals surface area contributed by atoms with E-state index >= 15 is 0 Å². The molecule has 1 N–H and O–H groups in total. The molecular formula is C28H31FN2O2. The van der Waals surface area contributed by atoms with Gasteiger partial charge in [0.2, 0.25) is 0 Å². The normalized spacial score (nSPS) is 14.9. The van der Waals surface area contributed by atoms with E-state index in [4.69, 9.17) is 4.74 Å². The fourth-order valence-electron chi connectivity index (χ4n) is 4.52. The van der Waals surface area contributed by atoms with Crippen LogP contribution in [0.4, 0.5) is 10.1 Å². The van der Waals surface area contributed by atoms with Crippen molar-refractivity contribution in [3.05, 3.63) is 83.7 Å². The molecule has 172 valence electrons. The van der Waals surface area contributed by atoms with E-state index in [9.17, 15) is 9.18 Å². The number of halogens is 1. The van der Waals surface area contributed by atoms with Gasteiger partial charge in [-0.3, -0.25) is 4.79 Å². The summed E-state index contributed by atoms with van der Waals surface area (Å²) < 4.78 is 18.8. The van der Waals surface area contributed by atoms with E-state index in [1.165, 1.54) is 12.1 Å². The summed E-state index contributed by atoms with van der Waals surface area (Å²) in [6, 6.07) is 20.1. The second kappa shape index (κ2) is 10.2. The molecule has 1 fully saturated rings. The van der Waals surface area contributed by atoms with Crippen molar-refractivity contribution in [2.45, 2.75) is 38.6 Å². The maximum absolute atomic E-state index is 13.2. The molecule has 0 saturated carbocycles. The minimum absolute atomic E-state index is 0.161. The van der Waals surface area contributed by atoms with Gasteiger partial charge in [-0.05, 0) is 105 Å². The van der Waals surface area contributed by atoms with Gasteiger partial charge >= 0.3 is 0 Å². The molecule has 0 bridgehead atoms. The van der Waals surface area contributed by atoms with Crippen molar-refractivity contribution in [1.82, 2.24) is 4.90 Å². The molecule has 3 aromatic carbocycles. The number of hydrogen-bond acceptors (Lipinski definition) is 3. The maximum atomic E-state index is 13.2. The summed E-state index contributed by atoms with van der Waals surface area (Å²) in [5.74, 6) is 0.868. The molecule has 1 heterocycles. The van der Waals surface area contributed by atoms with E-state index in [-0.39, 0.29) is 11.7 Å². The number of carbonyl (C=O) groups is 1. The first-order valence-corrected chi connectivity index (χ1v) is 11.5. The van der Waals surface area contributed by atoms with Crippen LogP contribution in [0.5, 0.6) is 5.75 Å². The second-order valence-corrected chi connectivity index (χ2v) is 8.90. The third-order valence-corrected chi connectivity index (χ3v) is 6.51. The van der Waals surface area contributed by atoms with Crippen LogP contribution < -0.4 is 10.1 Å². The summed E-state index contributed by atoms with van der Waals surface area (Å²) in [5.41, 5.74) is 4.34. The zero-order valence-electron chi connectivity index (χ0n) is 19.5. The lowest BCUT2D eigenvalue weighted by atomic mass is 9.88. The van der Waals surface area contributed by atoms with Crippen LogP contribution in [0.2, 0.25) is 0 Å². The van der Waals surface area contributed by atoms with Crippen molar-refractivity contribution in [3.8, 4) is 16.9 Å². The maximum Gasteiger partial charge on any atom is 0.255 e. The van der Waals surface area contributed by atoms with Crippen LogP contribution in [0.15, 0.2) is 66.7 Å². The number of likely N-dealkylation sites (tertiary alicyclic amines) is 1. The van der Waals surface area contributed by atoms with Gasteiger partial charge in [-0.1, -0.05) is 24.3 Å². The number of methoxy groups -OCH3 is 1. The van der Waals surface area contributed by atoms with E-state index in [0.717, 1.165) is 54.1 Å². The summed E-state index contributed by atoms with van der Waals surface area (Å²) >= 11 is 0. The van der Waals surface area contributed by atoms with Crippen LogP contribution in [0.3, 0.4) is 0 Å². The highest BCUT2D eigenvalue weighted by atomic mass is 19.1. The monoisotopic (exact) mass is 446 g/mol. The summed E-state index contributed by atoms with van der Waals surface area (Å²) in [6.45, 7) is 6.62. The first-order valence-electron chi connectivity index (χ1n) is 11.5. The van der Waals surface area contributed by atoms with Crippen LogP contribution in [0.25, 0.3) is 11.1 Å². The molecule has 0 radical (unpaired) electrons. The Hall–Kier alpha value is -3.18. The third kappa shape index (κ3) is 5.42. The number of anilines is 1. The van der Waals surface area contributed by atoms with E-state index in [1.54, 1.807) is 31.4 Å². The summed E-state index contributed by atoms with van der Waals surface area (Å²) in [7, 11) is 1.70. The van der Waals surface area contributed by atoms with Crippen molar-refractivity contribution in [2.24, 2.45) is 0 Å². The molecule has 0 aliphatic carbocycles. The predicted molar refractivity (Wildman–Crippen MR) is 131 cm³/mol. The number of carbonyl (C=O) groups excluding carboxylic acids is 1. The second-order valence-electron chi connectivity index (χ2n) is 8.90. The lowest BCUT2D eigenvalue weighted by molar-refractivity contribution is 0.102. The Morgan fingerprint density at radius 3 is 2.15 bits per heavy atom. The average molecular weight is 447 g/mol. The van der Waals surface area contributed by atoms with Gasteiger partial charge in [0.05, 0.1) is 7.11 Å². The zero-order valence-corrected chi connectivity index (χ0v) is 19.5. The molecule has 1 saturated heterocycles. The first-order chi connectivity index (χ1) is 15.9. The van der Waals surface area contributed by atoms with E-state index in [2.05, 4.69) is 30.1 Å². The van der Waals surface area contributed by atoms with Gasteiger partial charge in [-0.25, -0.2) is 4.39 Å². The van der Waals surface area contributed by atoms with Gasteiger partial charge in [0.1, 0.15) is 11.6 Å². The van der Waals surface area contributed by atoms with Gasteiger partial charge < -0.3 is 15.0 Å². The van der Waals surface area contributed by atoms with Gasteiger partial charge in [-0.15, -0.1) is 0 Å². The number of benzene rings is 3. The Morgan fingerprint density at radius 1 is 0.970 bits per heavy atom. The number of nitrogens with one attached hydrogen (secondary N) is 1. The van der Waals surface area contributed by atoms with Crippen molar-refractivity contribution >= 4 is 11.6 Å². The van der Waals surface area contributed by atoms with E-state index < -0.39 is 0 Å². The largest absolute Gasteiger partial charge is 0.496 e. The van der Waals surface area contributed by atoms with Crippen LogP contribution in [-0.4, -0.2) is 37.0 Å². The molecule has 1 amide bonds. The molecule has 4 nitrogen and oxygen atoms in total. The molecule has 0 atom stereocenters. The first kappa shape index (κ1) is 23.0. The molecule has 1 aliphatic rings. The Morgan fingerprint density at radius 2 is 1.58 bits per heavy atom. The number of nitrogens with zero attached hydrogens (tertiary/aromatic N) is 1. The Kier molecular flexibility index (Phi) is 7.09. The highest BCUT2D eigenvalue weighted by molar-refractivity contribution is 6.04. The lowest BCUT2D eigenvalue weighted by Crippen LogP contribution is -2.37. The van der Waals surface area contributed by atoms with Gasteiger partial charge in [0, 0.05) is 17.3 Å². The quantitative estimate of drug-likeness (QED) is 0.480. The Labute approximate surface area is 195 Å². The molecule has 5 heteroatoms. The predicted octanol–water partition coefficient (Wildman–Crippen LogP) is 6.34. The molecule has 3 aromatic rings. The van der Waals surface area contributed by atoms with Crippen LogP contribution in [0, 0.1) is 5.82 Å². The van der Waals surface area contributed by atoms with Gasteiger partial charge in [-0.2, -0.15) is 0 Å². The highest BCUT2D eigenvalue weighted by Gasteiger charge is 2.24. The number of amides is 1. The van der Waals surface area contributed by atoms with Crippen molar-refractivity contribution in [3.63, 3.8) is 0 Å². The molecule has 0 unspecified atom stereocenters. The molecule has 0 aromatic heterocycles. The SMILES string of the molecule is COc1ccc(NC(=O)c2ccc(-c3ccc(F)cc3)cc2)cc1C1CCN(C(C)C)CC1. The third-order valence-electron chi connectivity index (χ3n) is 6.51. The number of ether oxygens (including phenoxy) is 1. The van der Waals surface area contributed by atoms with Crippen molar-refractivity contribution in [1.29, 1.82) is 0 Å². The van der Waals surface area contributed by atoms with E-state index in [1.807, 2.05) is 24.3 Å². The standard InChI is InChI=1S/C28H31FN2O2/c1-19(2)31-16-14-22(15-17-31)26-18-25(12-13-27(26)33-3)30-28(32)23-6-4-20(5-7-23)21-8-10-24(29)11-9-21/h4-13,18-19,22H,14-17H2,1-3H3,(H,30,32).